The lowest BCUT2D eigenvalue weighted by Crippen LogP contribution is -2.28. The lowest BCUT2D eigenvalue weighted by atomic mass is 9.98. The first-order valence-electron chi connectivity index (χ1n) is 8.52. The summed E-state index contributed by atoms with van der Waals surface area (Å²) in [5.74, 6) is 0. The van der Waals surface area contributed by atoms with Crippen LogP contribution >= 0.6 is 12.2 Å². The van der Waals surface area contributed by atoms with E-state index in [0.717, 1.165) is 4.77 Å². The topological polar surface area (TPSA) is 26.0 Å². The summed E-state index contributed by atoms with van der Waals surface area (Å²) in [7, 11) is 2.11. The van der Waals surface area contributed by atoms with E-state index in [1.165, 1.54) is 11.1 Å². The van der Waals surface area contributed by atoms with Gasteiger partial charge < -0.3 is 4.57 Å². The maximum atomic E-state index is 5.58. The summed E-state index contributed by atoms with van der Waals surface area (Å²) in [4.78, 5) is 2.28. The predicted molar refractivity (Wildman–Crippen MR) is 104 cm³/mol. The Hall–Kier alpha value is -2.24. The largest absolute Gasteiger partial charge is 0.304 e. The second kappa shape index (κ2) is 7.76. The van der Waals surface area contributed by atoms with E-state index in [2.05, 4.69) is 79.4 Å². The van der Waals surface area contributed by atoms with Gasteiger partial charge in [0, 0.05) is 6.04 Å². The molecule has 5 heteroatoms. The van der Waals surface area contributed by atoms with Crippen LogP contribution in [-0.2, 0) is 6.67 Å². The summed E-state index contributed by atoms with van der Waals surface area (Å²) in [6.45, 7) is 4.86. The number of hydrogen-bond acceptors (Lipinski definition) is 3. The molecule has 130 valence electrons. The number of nitrogens with zero attached hydrogens (tertiary/aromatic N) is 4. The molecule has 4 nitrogen and oxygen atoms in total. The lowest BCUT2D eigenvalue weighted by molar-refractivity contribution is 0.207. The van der Waals surface area contributed by atoms with Crippen molar-refractivity contribution in [3.05, 3.63) is 82.9 Å². The summed E-state index contributed by atoms with van der Waals surface area (Å²) in [5.41, 5.74) is 2.51. The Balaban J connectivity index is 1.93. The van der Waals surface area contributed by atoms with Gasteiger partial charge in [0.2, 0.25) is 0 Å². The van der Waals surface area contributed by atoms with Gasteiger partial charge in [-0.1, -0.05) is 60.7 Å². The van der Waals surface area contributed by atoms with Gasteiger partial charge in [-0.15, -0.1) is 0 Å². The van der Waals surface area contributed by atoms with Gasteiger partial charge in [0.25, 0.3) is 0 Å². The van der Waals surface area contributed by atoms with Crippen LogP contribution in [0.15, 0.2) is 67.0 Å². The van der Waals surface area contributed by atoms with Crippen molar-refractivity contribution >= 4 is 12.2 Å². The Morgan fingerprint density at radius 1 is 0.960 bits per heavy atom. The fourth-order valence-electron chi connectivity index (χ4n) is 3.07. The molecule has 2 aromatic carbocycles. The van der Waals surface area contributed by atoms with Crippen LogP contribution in [0.1, 0.15) is 37.1 Å². The molecule has 0 aliphatic heterocycles. The van der Waals surface area contributed by atoms with Crippen LogP contribution < -0.4 is 0 Å². The third-order valence-electron chi connectivity index (χ3n) is 4.34. The Bertz CT molecular complexity index is 813. The zero-order valence-electron chi connectivity index (χ0n) is 14.9. The highest BCUT2D eigenvalue weighted by atomic mass is 32.1. The maximum Gasteiger partial charge on any atom is 0.199 e. The molecule has 0 aliphatic rings. The van der Waals surface area contributed by atoms with E-state index in [1.807, 2.05) is 27.7 Å². The van der Waals surface area contributed by atoms with E-state index in [9.17, 15) is 0 Å². The molecule has 0 N–H and O–H groups in total. The van der Waals surface area contributed by atoms with Crippen LogP contribution in [0.25, 0.3) is 0 Å². The van der Waals surface area contributed by atoms with E-state index < -0.39 is 0 Å². The molecule has 1 heterocycles. The van der Waals surface area contributed by atoms with Crippen LogP contribution in [0, 0.1) is 4.77 Å². The molecule has 3 rings (SSSR count). The van der Waals surface area contributed by atoms with Crippen LogP contribution in [0.3, 0.4) is 0 Å². The number of aromatic nitrogens is 3. The minimum absolute atomic E-state index is 0.147. The summed E-state index contributed by atoms with van der Waals surface area (Å²) in [5, 5.41) is 4.48. The number of hydrogen-bond donors (Lipinski definition) is 0. The SMILES string of the molecule is CC(C)n1cnn(CN(C)C(c2ccccc2)c2ccccc2)c1=S. The van der Waals surface area contributed by atoms with E-state index in [1.54, 1.807) is 0 Å². The molecule has 1 aromatic heterocycles. The van der Waals surface area contributed by atoms with Crippen molar-refractivity contribution in [2.75, 3.05) is 7.05 Å². The Morgan fingerprint density at radius 2 is 1.48 bits per heavy atom. The number of rotatable bonds is 6. The standard InChI is InChI=1S/C20H24N4S/c1-16(2)23-14-21-24(20(23)25)15-22(3)19(17-10-6-4-7-11-17)18-12-8-5-9-13-18/h4-14,16,19H,15H2,1-3H3. The van der Waals surface area contributed by atoms with Crippen LogP contribution in [0.5, 0.6) is 0 Å². The van der Waals surface area contributed by atoms with Gasteiger partial charge in [-0.25, -0.2) is 4.68 Å². The van der Waals surface area contributed by atoms with Crippen molar-refractivity contribution in [2.24, 2.45) is 0 Å². The molecule has 0 radical (unpaired) electrons. The van der Waals surface area contributed by atoms with Crippen molar-refractivity contribution in [3.63, 3.8) is 0 Å². The van der Waals surface area contributed by atoms with Crippen molar-refractivity contribution < 1.29 is 0 Å². The van der Waals surface area contributed by atoms with E-state index in [0.29, 0.717) is 12.7 Å². The monoisotopic (exact) mass is 352 g/mol. The molecular weight excluding hydrogens is 328 g/mol. The molecule has 0 saturated heterocycles. The molecular formula is C20H24N4S. The molecule has 0 bridgehead atoms. The fourth-order valence-corrected chi connectivity index (χ4v) is 3.43. The van der Waals surface area contributed by atoms with Crippen molar-refractivity contribution in [3.8, 4) is 0 Å². The highest BCUT2D eigenvalue weighted by Gasteiger charge is 2.20. The second-order valence-electron chi connectivity index (χ2n) is 6.54. The molecule has 0 atom stereocenters. The van der Waals surface area contributed by atoms with Crippen LogP contribution in [0.2, 0.25) is 0 Å². The normalized spacial score (nSPS) is 11.6. The zero-order valence-corrected chi connectivity index (χ0v) is 15.7. The first kappa shape index (κ1) is 17.6. The fraction of sp³-hybridized carbons (Fsp3) is 0.300. The van der Waals surface area contributed by atoms with Crippen LogP contribution in [0.4, 0.5) is 0 Å². The molecule has 0 saturated carbocycles. The quantitative estimate of drug-likeness (QED) is 0.603. The molecule has 0 fully saturated rings. The average molecular weight is 353 g/mol. The van der Waals surface area contributed by atoms with E-state index >= 15 is 0 Å². The Labute approximate surface area is 154 Å². The molecule has 0 unspecified atom stereocenters. The minimum Gasteiger partial charge on any atom is -0.304 e. The highest BCUT2D eigenvalue weighted by molar-refractivity contribution is 7.71. The lowest BCUT2D eigenvalue weighted by Gasteiger charge is -2.28. The number of benzene rings is 2. The van der Waals surface area contributed by atoms with Gasteiger partial charge in [0.05, 0.1) is 12.7 Å². The second-order valence-corrected chi connectivity index (χ2v) is 6.90. The molecule has 0 amide bonds. The van der Waals surface area contributed by atoms with Crippen molar-refractivity contribution in [1.29, 1.82) is 0 Å². The van der Waals surface area contributed by atoms with E-state index in [-0.39, 0.29) is 6.04 Å². The molecule has 0 aliphatic carbocycles. The third kappa shape index (κ3) is 3.89. The molecule has 0 spiro atoms. The van der Waals surface area contributed by atoms with Crippen molar-refractivity contribution in [2.45, 2.75) is 32.6 Å². The van der Waals surface area contributed by atoms with Gasteiger partial charge in [-0.3, -0.25) is 4.90 Å². The van der Waals surface area contributed by atoms with Gasteiger partial charge in [-0.2, -0.15) is 5.10 Å². The first-order valence-corrected chi connectivity index (χ1v) is 8.93. The third-order valence-corrected chi connectivity index (χ3v) is 4.76. The van der Waals surface area contributed by atoms with Gasteiger partial charge >= 0.3 is 0 Å². The molecule has 25 heavy (non-hydrogen) atoms. The van der Waals surface area contributed by atoms with Gasteiger partial charge in [0.1, 0.15) is 6.33 Å². The zero-order chi connectivity index (χ0) is 17.8. The smallest absolute Gasteiger partial charge is 0.199 e. The van der Waals surface area contributed by atoms with Crippen LogP contribution in [-0.4, -0.2) is 26.3 Å². The summed E-state index contributed by atoms with van der Waals surface area (Å²) >= 11 is 5.58. The summed E-state index contributed by atoms with van der Waals surface area (Å²) < 4.78 is 4.65. The average Bonchev–Trinajstić information content (AvgIpc) is 2.98. The summed E-state index contributed by atoms with van der Waals surface area (Å²) in [6.07, 6.45) is 1.82. The Morgan fingerprint density at radius 3 is 1.92 bits per heavy atom. The van der Waals surface area contributed by atoms with Gasteiger partial charge in [0.15, 0.2) is 4.77 Å². The van der Waals surface area contributed by atoms with Crippen molar-refractivity contribution in [1.82, 2.24) is 19.2 Å². The minimum atomic E-state index is 0.147. The van der Waals surface area contributed by atoms with E-state index in [4.69, 9.17) is 12.2 Å². The Kier molecular flexibility index (Phi) is 5.46. The predicted octanol–water partition coefficient (Wildman–Crippen LogP) is 4.67. The van der Waals surface area contributed by atoms with Gasteiger partial charge in [-0.05, 0) is 44.2 Å². The highest BCUT2D eigenvalue weighted by Crippen LogP contribution is 2.27. The first-order chi connectivity index (χ1) is 12.1. The molecule has 3 aromatic rings. The summed E-state index contributed by atoms with van der Waals surface area (Å²) in [6, 6.07) is 21.5. The maximum absolute atomic E-state index is 5.58.